The lowest BCUT2D eigenvalue weighted by molar-refractivity contribution is -0.299. The molecular formula is C34H42N2O12. The topological polar surface area (TPSA) is 230 Å². The summed E-state index contributed by atoms with van der Waals surface area (Å²) in [6.45, 7) is 6.32. The van der Waals surface area contributed by atoms with Crippen LogP contribution in [-0.4, -0.2) is 99.1 Å². The molecule has 0 unspecified atom stereocenters. The molecule has 10 atom stereocenters. The number of carbonyl (C=O) groups excluding carboxylic acids is 3. The number of hydrogen-bond acceptors (Lipinski definition) is 14. The number of methoxy groups -OCH3 is 1. The lowest BCUT2D eigenvalue weighted by Gasteiger charge is -2.46. The maximum absolute atomic E-state index is 13.9. The van der Waals surface area contributed by atoms with Crippen molar-refractivity contribution in [3.63, 3.8) is 0 Å². The van der Waals surface area contributed by atoms with Crippen molar-refractivity contribution in [2.75, 3.05) is 7.11 Å². The minimum absolute atomic E-state index is 0.0253. The summed E-state index contributed by atoms with van der Waals surface area (Å²) in [7, 11) is 1.34. The molecule has 260 valence electrons. The summed E-state index contributed by atoms with van der Waals surface area (Å²) in [5, 5.41) is 45.1. The Morgan fingerprint density at radius 3 is 2.27 bits per heavy atom. The molecule has 14 nitrogen and oxygen atoms in total. The molecule has 0 saturated carbocycles. The first kappa shape index (κ1) is 34.4. The van der Waals surface area contributed by atoms with Crippen LogP contribution in [0.5, 0.6) is 17.2 Å². The van der Waals surface area contributed by atoms with Crippen molar-refractivity contribution in [1.82, 2.24) is 0 Å². The Bertz CT molecular complexity index is 1660. The Labute approximate surface area is 276 Å². The predicted octanol–water partition coefficient (Wildman–Crippen LogP) is 1.27. The van der Waals surface area contributed by atoms with Crippen LogP contribution >= 0.6 is 0 Å². The van der Waals surface area contributed by atoms with Crippen LogP contribution in [0, 0.1) is 0 Å². The maximum atomic E-state index is 13.9. The van der Waals surface area contributed by atoms with Gasteiger partial charge in [0.2, 0.25) is 5.78 Å². The molecule has 8 N–H and O–H groups in total. The highest BCUT2D eigenvalue weighted by Gasteiger charge is 2.50. The first-order chi connectivity index (χ1) is 22.5. The van der Waals surface area contributed by atoms with Gasteiger partial charge >= 0.3 is 0 Å². The number of aliphatic hydroxyl groups is 2. The first-order valence-corrected chi connectivity index (χ1v) is 15.9. The average molecular weight is 671 g/mol. The van der Waals surface area contributed by atoms with Crippen molar-refractivity contribution in [1.29, 1.82) is 0 Å². The summed E-state index contributed by atoms with van der Waals surface area (Å²) < 4.78 is 29.8. The van der Waals surface area contributed by atoms with E-state index in [1.165, 1.54) is 32.2 Å². The van der Waals surface area contributed by atoms with Gasteiger partial charge in [0.15, 0.2) is 24.1 Å². The number of phenolic OH excluding ortho intramolecular Hbond substituents is 2. The van der Waals surface area contributed by atoms with Gasteiger partial charge in [0.25, 0.3) is 0 Å². The number of aromatic hydroxyl groups is 2. The van der Waals surface area contributed by atoms with Crippen molar-refractivity contribution in [2.45, 2.75) is 114 Å². The van der Waals surface area contributed by atoms with Gasteiger partial charge in [0.05, 0.1) is 48.2 Å². The Hall–Kier alpha value is -3.47. The van der Waals surface area contributed by atoms with Crippen molar-refractivity contribution in [2.24, 2.45) is 11.5 Å². The fraction of sp³-hybridized carbons (Fsp3) is 0.559. The maximum Gasteiger partial charge on any atom is 0.202 e. The number of benzene rings is 2. The molecule has 2 fully saturated rings. The zero-order chi connectivity index (χ0) is 35.0. The van der Waals surface area contributed by atoms with Crippen molar-refractivity contribution < 1.29 is 58.5 Å². The van der Waals surface area contributed by atoms with E-state index in [0.717, 1.165) is 0 Å². The Balaban J connectivity index is 1.32. The lowest BCUT2D eigenvalue weighted by atomic mass is 9.72. The van der Waals surface area contributed by atoms with Crippen LogP contribution in [0.25, 0.3) is 0 Å². The van der Waals surface area contributed by atoms with Crippen LogP contribution in [0.2, 0.25) is 0 Å². The van der Waals surface area contributed by atoms with E-state index in [4.69, 9.17) is 35.2 Å². The van der Waals surface area contributed by atoms with E-state index < -0.39 is 107 Å². The first-order valence-electron chi connectivity index (χ1n) is 15.9. The molecule has 2 aromatic carbocycles. The number of Topliss-reactive ketones (excluding diaryl/α,β-unsaturated/α-hetero) is 1. The van der Waals surface area contributed by atoms with E-state index in [-0.39, 0.29) is 47.3 Å². The minimum Gasteiger partial charge on any atom is -0.507 e. The largest absolute Gasteiger partial charge is 0.507 e. The van der Waals surface area contributed by atoms with Gasteiger partial charge in [-0.1, -0.05) is 12.1 Å². The van der Waals surface area contributed by atoms with Crippen LogP contribution < -0.4 is 16.2 Å². The predicted molar refractivity (Wildman–Crippen MR) is 167 cm³/mol. The number of ketones is 3. The van der Waals surface area contributed by atoms with Crippen molar-refractivity contribution in [3.05, 3.63) is 51.6 Å². The van der Waals surface area contributed by atoms with Gasteiger partial charge in [-0.25, -0.2) is 0 Å². The van der Waals surface area contributed by atoms with Crippen molar-refractivity contribution in [3.8, 4) is 17.2 Å². The molecule has 14 heteroatoms. The van der Waals surface area contributed by atoms with Crippen LogP contribution in [0.4, 0.5) is 0 Å². The highest BCUT2D eigenvalue weighted by Crippen LogP contribution is 2.52. The number of aliphatic hydroxyl groups excluding tert-OH is 1. The molecule has 48 heavy (non-hydrogen) atoms. The molecule has 0 radical (unpaired) electrons. The summed E-state index contributed by atoms with van der Waals surface area (Å²) >= 11 is 0. The molecule has 2 aromatic rings. The number of rotatable bonds is 6. The molecule has 6 rings (SSSR count). The fourth-order valence-electron chi connectivity index (χ4n) is 7.50. The van der Waals surface area contributed by atoms with E-state index in [0.29, 0.717) is 0 Å². The van der Waals surface area contributed by atoms with Crippen LogP contribution in [0.1, 0.15) is 96.0 Å². The lowest BCUT2D eigenvalue weighted by Crippen LogP contribution is -2.62. The van der Waals surface area contributed by atoms with Gasteiger partial charge in [0, 0.05) is 54.0 Å². The summed E-state index contributed by atoms with van der Waals surface area (Å²) in [5.41, 5.74) is 8.73. The average Bonchev–Trinajstić information content (AvgIpc) is 3.01. The number of phenols is 2. The third-order valence-corrected chi connectivity index (χ3v) is 10.2. The third kappa shape index (κ3) is 5.50. The molecule has 4 aliphatic rings. The quantitative estimate of drug-likeness (QED) is 0.203. The molecule has 0 amide bonds. The smallest absolute Gasteiger partial charge is 0.202 e. The number of nitrogens with two attached hydrogens (primary N) is 2. The zero-order valence-corrected chi connectivity index (χ0v) is 27.4. The van der Waals surface area contributed by atoms with Gasteiger partial charge in [-0.2, -0.15) is 0 Å². The highest BCUT2D eigenvalue weighted by molar-refractivity contribution is 6.31. The number of ether oxygens (including phenoxy) is 5. The Morgan fingerprint density at radius 2 is 1.65 bits per heavy atom. The molecule has 2 aliphatic heterocycles. The number of carbonyl (C=O) groups is 3. The van der Waals surface area contributed by atoms with Crippen LogP contribution in [-0.2, 0) is 30.2 Å². The summed E-state index contributed by atoms with van der Waals surface area (Å²) in [5.74, 6) is -3.25. The normalized spacial score (nSPS) is 36.2. The van der Waals surface area contributed by atoms with Crippen molar-refractivity contribution >= 4 is 17.3 Å². The van der Waals surface area contributed by atoms with Gasteiger partial charge in [-0.15, -0.1) is 0 Å². The second kappa shape index (κ2) is 12.1. The van der Waals surface area contributed by atoms with E-state index in [2.05, 4.69) is 0 Å². The monoisotopic (exact) mass is 670 g/mol. The molecule has 2 aliphatic carbocycles. The standard InChI is InChI=1S/C34H42N2O12/c1-13-31(48-22-12-33(4,36)32(42)14(2)46-22)18(35)9-21(45-13)47-20-11-34(43,15(3)37)10-17-24(20)30(41)26-25(28(17)39)27(38)16-7-6-8-19(44-5)23(16)29(26)40/h6-8,13-14,18,20-22,31-32,39,41-43H,9-12,35-36H2,1-5H3/t13-,14-,18-,20-,21-,22-,31+,32+,33-,34-/m0/s1. The Morgan fingerprint density at radius 1 is 0.979 bits per heavy atom. The van der Waals surface area contributed by atoms with Crippen LogP contribution in [0.3, 0.4) is 0 Å². The van der Waals surface area contributed by atoms with E-state index >= 15 is 0 Å². The van der Waals surface area contributed by atoms with Gasteiger partial charge in [-0.3, -0.25) is 14.4 Å². The summed E-state index contributed by atoms with van der Waals surface area (Å²) in [6, 6.07) is 3.78. The second-order valence-corrected chi connectivity index (χ2v) is 13.7. The third-order valence-electron chi connectivity index (χ3n) is 10.2. The molecule has 0 aromatic heterocycles. The zero-order valence-electron chi connectivity index (χ0n) is 27.4. The highest BCUT2D eigenvalue weighted by atomic mass is 16.7. The van der Waals surface area contributed by atoms with E-state index in [1.807, 2.05) is 0 Å². The molecule has 2 heterocycles. The second-order valence-electron chi connectivity index (χ2n) is 13.7. The Kier molecular flexibility index (Phi) is 8.70. The van der Waals surface area contributed by atoms with Gasteiger partial charge in [-0.05, 0) is 33.8 Å². The minimum atomic E-state index is -2.04. The number of hydrogen-bond donors (Lipinski definition) is 6. The van der Waals surface area contributed by atoms with Crippen LogP contribution in [0.15, 0.2) is 18.2 Å². The summed E-state index contributed by atoms with van der Waals surface area (Å²) in [6.07, 6.45) is -6.36. The number of fused-ring (bicyclic) bond motifs is 3. The van der Waals surface area contributed by atoms with Gasteiger partial charge in [0.1, 0.15) is 29.0 Å². The molecular weight excluding hydrogens is 628 g/mol. The molecule has 2 saturated heterocycles. The summed E-state index contributed by atoms with van der Waals surface area (Å²) in [4.78, 5) is 40.3. The van der Waals surface area contributed by atoms with Gasteiger partial charge < -0.3 is 55.6 Å². The molecule has 0 bridgehead atoms. The van der Waals surface area contributed by atoms with E-state index in [1.54, 1.807) is 20.8 Å². The SMILES string of the molecule is COc1cccc2c1C(=O)c1c(O)c3c(c(O)c1C2=O)C[C@@](O)(C(C)=O)C[C@@H]3O[C@H]1C[C@H](N)[C@H](O[C@H]2C[C@](C)(N)[C@H](O)[C@H](C)O2)[C@H](C)O1. The fourth-order valence-corrected chi connectivity index (χ4v) is 7.50. The van der Waals surface area contributed by atoms with E-state index in [9.17, 15) is 34.8 Å². The molecule has 0 spiro atoms.